The quantitative estimate of drug-likeness (QED) is 0.595. The number of hydrogen-bond donors (Lipinski definition) is 1. The Morgan fingerprint density at radius 1 is 1.06 bits per heavy atom. The summed E-state index contributed by atoms with van der Waals surface area (Å²) in [7, 11) is -7.48. The number of amides is 1. The van der Waals surface area contributed by atoms with Gasteiger partial charge >= 0.3 is 0 Å². The van der Waals surface area contributed by atoms with Crippen LogP contribution in [0.3, 0.4) is 0 Å². The van der Waals surface area contributed by atoms with Crippen LogP contribution in [0.2, 0.25) is 0 Å². The first kappa shape index (κ1) is 22.8. The highest BCUT2D eigenvalue weighted by atomic mass is 32.2. The highest BCUT2D eigenvalue weighted by Crippen LogP contribution is 2.31. The van der Waals surface area contributed by atoms with Gasteiger partial charge in [-0.3, -0.25) is 9.78 Å². The van der Waals surface area contributed by atoms with Crippen molar-refractivity contribution in [1.29, 1.82) is 0 Å². The van der Waals surface area contributed by atoms with Gasteiger partial charge in [0.2, 0.25) is 26.0 Å². The molecule has 0 atom stereocenters. The summed E-state index contributed by atoms with van der Waals surface area (Å²) in [4.78, 5) is 16.6. The number of rotatable bonds is 8. The van der Waals surface area contributed by atoms with E-state index in [4.69, 9.17) is 4.74 Å². The minimum absolute atomic E-state index is 0.0392. The van der Waals surface area contributed by atoms with Crippen molar-refractivity contribution in [3.63, 3.8) is 0 Å². The van der Waals surface area contributed by atoms with E-state index in [1.54, 1.807) is 0 Å². The molecular formula is C20H24N4O6S2. The van der Waals surface area contributed by atoms with E-state index in [0.717, 1.165) is 0 Å². The van der Waals surface area contributed by atoms with Crippen LogP contribution in [0, 0.1) is 0 Å². The second-order valence-corrected chi connectivity index (χ2v) is 11.4. The maximum atomic E-state index is 12.9. The second kappa shape index (κ2) is 9.24. The average Bonchev–Trinajstić information content (AvgIpc) is 3.64. The summed E-state index contributed by atoms with van der Waals surface area (Å²) in [6.07, 6.45) is 4.13. The van der Waals surface area contributed by atoms with Crippen LogP contribution in [-0.4, -0.2) is 75.2 Å². The highest BCUT2D eigenvalue weighted by molar-refractivity contribution is 7.89. The van der Waals surface area contributed by atoms with Gasteiger partial charge in [-0.1, -0.05) is 0 Å². The number of hydrogen-bond acceptors (Lipinski definition) is 7. The standard InChI is InChI=1S/C20H24N4O6S2/c25-20(15-24(17-5-6-17)32(28,29)19-2-1-9-21-14-19)22-16-3-7-18(8-4-16)31(26,27)23-10-12-30-13-11-23/h1-4,7-9,14,17H,5-6,10-13,15H2,(H,22,25). The summed E-state index contributed by atoms with van der Waals surface area (Å²) in [5, 5.41) is 2.65. The molecule has 2 aliphatic rings. The van der Waals surface area contributed by atoms with Crippen LogP contribution in [0.4, 0.5) is 5.69 Å². The molecule has 1 aromatic carbocycles. The Balaban J connectivity index is 1.43. The zero-order chi connectivity index (χ0) is 22.8. The monoisotopic (exact) mass is 480 g/mol. The predicted octanol–water partition coefficient (Wildman–Crippen LogP) is 0.894. The van der Waals surface area contributed by atoms with Gasteiger partial charge in [-0.2, -0.15) is 8.61 Å². The number of sulfonamides is 2. The van der Waals surface area contributed by atoms with Gasteiger partial charge in [-0.05, 0) is 49.2 Å². The van der Waals surface area contributed by atoms with Crippen LogP contribution < -0.4 is 5.32 Å². The minimum atomic E-state index is -3.85. The molecule has 0 bridgehead atoms. The molecule has 2 heterocycles. The molecule has 2 fully saturated rings. The van der Waals surface area contributed by atoms with E-state index >= 15 is 0 Å². The lowest BCUT2D eigenvalue weighted by atomic mass is 10.3. The Kier molecular flexibility index (Phi) is 6.58. The normalized spacial score (nSPS) is 17.9. The molecule has 1 aliphatic heterocycles. The molecule has 2 aromatic rings. The van der Waals surface area contributed by atoms with Crippen LogP contribution in [0.25, 0.3) is 0 Å². The van der Waals surface area contributed by atoms with Crippen LogP contribution in [0.5, 0.6) is 0 Å². The Labute approximate surface area is 187 Å². The number of carbonyl (C=O) groups is 1. The zero-order valence-corrected chi connectivity index (χ0v) is 18.9. The first-order chi connectivity index (χ1) is 15.3. The number of aromatic nitrogens is 1. The van der Waals surface area contributed by atoms with E-state index in [1.165, 1.54) is 57.4 Å². The molecule has 1 aliphatic carbocycles. The highest BCUT2D eigenvalue weighted by Gasteiger charge is 2.39. The van der Waals surface area contributed by atoms with Crippen molar-refractivity contribution >= 4 is 31.6 Å². The Bertz CT molecular complexity index is 1160. The molecular weight excluding hydrogens is 456 g/mol. The fourth-order valence-electron chi connectivity index (χ4n) is 3.40. The van der Waals surface area contributed by atoms with Crippen molar-refractivity contribution in [1.82, 2.24) is 13.6 Å². The van der Waals surface area contributed by atoms with Crippen LogP contribution in [0.1, 0.15) is 12.8 Å². The molecule has 1 saturated heterocycles. The van der Waals surface area contributed by atoms with Crippen LogP contribution >= 0.6 is 0 Å². The van der Waals surface area contributed by atoms with Crippen molar-refractivity contribution < 1.29 is 26.4 Å². The van der Waals surface area contributed by atoms with E-state index in [9.17, 15) is 21.6 Å². The molecule has 1 aromatic heterocycles. The largest absolute Gasteiger partial charge is 0.379 e. The second-order valence-electron chi connectivity index (χ2n) is 7.56. The van der Waals surface area contributed by atoms with Crippen molar-refractivity contribution in [3.05, 3.63) is 48.8 Å². The van der Waals surface area contributed by atoms with Gasteiger partial charge in [0.1, 0.15) is 4.90 Å². The van der Waals surface area contributed by atoms with Gasteiger partial charge in [0.05, 0.1) is 24.7 Å². The molecule has 1 amide bonds. The molecule has 0 unspecified atom stereocenters. The summed E-state index contributed by atoms with van der Waals surface area (Å²) in [6.45, 7) is 0.960. The molecule has 172 valence electrons. The van der Waals surface area contributed by atoms with Crippen molar-refractivity contribution in [2.45, 2.75) is 28.7 Å². The number of pyridine rings is 1. The molecule has 0 radical (unpaired) electrons. The van der Waals surface area contributed by atoms with Crippen molar-refractivity contribution in [2.24, 2.45) is 0 Å². The fraction of sp³-hybridized carbons (Fsp3) is 0.400. The van der Waals surface area contributed by atoms with E-state index < -0.39 is 26.0 Å². The van der Waals surface area contributed by atoms with Gasteiger partial charge in [0, 0.05) is 37.2 Å². The average molecular weight is 481 g/mol. The topological polar surface area (TPSA) is 126 Å². The van der Waals surface area contributed by atoms with Crippen molar-refractivity contribution in [3.8, 4) is 0 Å². The lowest BCUT2D eigenvalue weighted by Crippen LogP contribution is -2.40. The van der Waals surface area contributed by atoms with Gasteiger partial charge in [0.15, 0.2) is 0 Å². The van der Waals surface area contributed by atoms with Gasteiger partial charge in [0.25, 0.3) is 0 Å². The third-order valence-corrected chi connectivity index (χ3v) is 9.04. The third-order valence-electron chi connectivity index (χ3n) is 5.24. The number of ether oxygens (including phenoxy) is 1. The molecule has 0 spiro atoms. The molecule has 10 nitrogen and oxygen atoms in total. The molecule has 4 rings (SSSR count). The first-order valence-electron chi connectivity index (χ1n) is 10.2. The lowest BCUT2D eigenvalue weighted by Gasteiger charge is -2.26. The van der Waals surface area contributed by atoms with Gasteiger partial charge in [-0.15, -0.1) is 0 Å². The van der Waals surface area contributed by atoms with E-state index in [2.05, 4.69) is 10.3 Å². The number of anilines is 1. The SMILES string of the molecule is O=C(CN(C1CC1)S(=O)(=O)c1cccnc1)Nc1ccc(S(=O)(=O)N2CCOCC2)cc1. The summed E-state index contributed by atoms with van der Waals surface area (Å²) >= 11 is 0. The summed E-state index contributed by atoms with van der Waals surface area (Å²) in [5.41, 5.74) is 0.380. The molecule has 1 saturated carbocycles. The summed E-state index contributed by atoms with van der Waals surface area (Å²) in [5.74, 6) is -0.506. The van der Waals surface area contributed by atoms with Crippen LogP contribution in [0.15, 0.2) is 58.6 Å². The number of benzene rings is 1. The third kappa shape index (κ3) is 4.99. The van der Waals surface area contributed by atoms with Gasteiger partial charge < -0.3 is 10.1 Å². The number of carbonyl (C=O) groups excluding carboxylic acids is 1. The number of nitrogens with one attached hydrogen (secondary N) is 1. The molecule has 12 heteroatoms. The Hall–Kier alpha value is -2.38. The minimum Gasteiger partial charge on any atom is -0.379 e. The van der Waals surface area contributed by atoms with E-state index in [-0.39, 0.29) is 22.4 Å². The maximum Gasteiger partial charge on any atom is 0.245 e. The van der Waals surface area contributed by atoms with Crippen molar-refractivity contribution in [2.75, 3.05) is 38.2 Å². The first-order valence-corrected chi connectivity index (χ1v) is 13.1. The Morgan fingerprint density at radius 2 is 1.75 bits per heavy atom. The number of morpholine rings is 1. The smallest absolute Gasteiger partial charge is 0.245 e. The zero-order valence-electron chi connectivity index (χ0n) is 17.3. The van der Waals surface area contributed by atoms with Gasteiger partial charge in [-0.25, -0.2) is 16.8 Å². The molecule has 32 heavy (non-hydrogen) atoms. The number of nitrogens with zero attached hydrogens (tertiary/aromatic N) is 3. The van der Waals surface area contributed by atoms with Crippen LogP contribution in [-0.2, 0) is 29.6 Å². The Morgan fingerprint density at radius 3 is 2.34 bits per heavy atom. The summed E-state index contributed by atoms with van der Waals surface area (Å²) < 4.78 is 59.0. The molecule has 1 N–H and O–H groups in total. The van der Waals surface area contributed by atoms with E-state index in [1.807, 2.05) is 0 Å². The lowest BCUT2D eigenvalue weighted by molar-refractivity contribution is -0.116. The van der Waals surface area contributed by atoms with E-state index in [0.29, 0.717) is 44.8 Å². The predicted molar refractivity (Wildman–Crippen MR) is 116 cm³/mol. The summed E-state index contributed by atoms with van der Waals surface area (Å²) in [6, 6.07) is 8.59. The fourth-order valence-corrected chi connectivity index (χ4v) is 6.41. The maximum absolute atomic E-state index is 12.9.